The quantitative estimate of drug-likeness (QED) is 0.347. The Hall–Kier alpha value is -3.70. The van der Waals surface area contributed by atoms with Crippen LogP contribution in [0.5, 0.6) is 0 Å². The first-order valence-corrected chi connectivity index (χ1v) is 14.0. The number of anilines is 1. The van der Waals surface area contributed by atoms with Gasteiger partial charge in [-0.25, -0.2) is 22.3 Å². The van der Waals surface area contributed by atoms with Crippen LogP contribution < -0.4 is 8.87 Å². The molecule has 2 N–H and O–H groups in total. The van der Waals surface area contributed by atoms with Gasteiger partial charge in [-0.05, 0) is 35.6 Å². The lowest BCUT2D eigenvalue weighted by atomic mass is 9.78. The summed E-state index contributed by atoms with van der Waals surface area (Å²) in [5, 5.41) is 21.6. The van der Waals surface area contributed by atoms with Gasteiger partial charge in [-0.1, -0.05) is 25.1 Å². The Morgan fingerprint density at radius 1 is 1.24 bits per heavy atom. The van der Waals surface area contributed by atoms with Gasteiger partial charge in [-0.15, -0.1) is 0 Å². The zero-order chi connectivity index (χ0) is 27.1. The van der Waals surface area contributed by atoms with E-state index in [1.165, 1.54) is 16.1 Å². The predicted octanol–water partition coefficient (Wildman–Crippen LogP) is 1.41. The van der Waals surface area contributed by atoms with Gasteiger partial charge in [0.2, 0.25) is 12.2 Å². The van der Waals surface area contributed by atoms with Crippen molar-refractivity contribution < 1.29 is 32.8 Å². The molecule has 1 fully saturated rings. The summed E-state index contributed by atoms with van der Waals surface area (Å²) in [5.74, 6) is -2.85. The number of benzene rings is 2. The van der Waals surface area contributed by atoms with Crippen molar-refractivity contribution in [3.05, 3.63) is 65.9 Å². The highest BCUT2D eigenvalue weighted by molar-refractivity contribution is 7.93. The van der Waals surface area contributed by atoms with Gasteiger partial charge in [0, 0.05) is 17.7 Å². The minimum atomic E-state index is -3.98. The number of aromatic nitrogens is 2. The van der Waals surface area contributed by atoms with Crippen molar-refractivity contribution in [3.63, 3.8) is 0 Å². The minimum absolute atomic E-state index is 0.177. The number of hydrogen-bond acceptors (Lipinski definition) is 5. The number of sulfonamides is 1. The average Bonchev–Trinajstić information content (AvgIpc) is 3.44. The molecular formula is C27H29N4O6S+. The number of imidazole rings is 1. The van der Waals surface area contributed by atoms with Gasteiger partial charge in [0.05, 0.1) is 48.8 Å². The molecule has 0 radical (unpaired) electrons. The van der Waals surface area contributed by atoms with Crippen LogP contribution in [0.1, 0.15) is 19.4 Å². The largest absolute Gasteiger partial charge is 0.477 e. The zero-order valence-electron chi connectivity index (χ0n) is 21.3. The van der Waals surface area contributed by atoms with E-state index in [4.69, 9.17) is 0 Å². The molecule has 38 heavy (non-hydrogen) atoms. The molecule has 1 saturated heterocycles. The number of hydrogen-bond donors (Lipinski definition) is 2. The highest BCUT2D eigenvalue weighted by atomic mass is 32.2. The number of nitrogens with zero attached hydrogens (tertiary/aromatic N) is 4. The number of rotatable bonds is 7. The number of aliphatic carboxylic acids is 1. The van der Waals surface area contributed by atoms with Crippen LogP contribution in [0.15, 0.2) is 65.2 Å². The van der Waals surface area contributed by atoms with Gasteiger partial charge >= 0.3 is 5.97 Å². The van der Waals surface area contributed by atoms with E-state index in [0.717, 1.165) is 10.9 Å². The summed E-state index contributed by atoms with van der Waals surface area (Å²) in [6, 6.07) is 8.64. The van der Waals surface area contributed by atoms with E-state index in [9.17, 15) is 28.2 Å². The van der Waals surface area contributed by atoms with E-state index < -0.39 is 45.9 Å². The van der Waals surface area contributed by atoms with Crippen molar-refractivity contribution in [3.8, 4) is 0 Å². The lowest BCUT2D eigenvalue weighted by Gasteiger charge is -2.46. The summed E-state index contributed by atoms with van der Waals surface area (Å²) in [4.78, 5) is 26.4. The lowest BCUT2D eigenvalue weighted by molar-refractivity contribution is -0.671. The van der Waals surface area contributed by atoms with E-state index in [1.807, 2.05) is 47.0 Å². The first-order valence-electron chi connectivity index (χ1n) is 12.6. The molecule has 0 unspecified atom stereocenters. The smallest absolute Gasteiger partial charge is 0.352 e. The molecule has 4 heterocycles. The second kappa shape index (κ2) is 8.40. The molecule has 0 bridgehead atoms. The van der Waals surface area contributed by atoms with Crippen molar-refractivity contribution >= 4 is 38.4 Å². The van der Waals surface area contributed by atoms with Crippen LogP contribution in [0, 0.1) is 11.8 Å². The third kappa shape index (κ3) is 3.41. The van der Waals surface area contributed by atoms with E-state index in [1.54, 1.807) is 25.1 Å². The molecule has 2 aromatic carbocycles. The number of β-lactam (4-membered cyclic amide) rings is 1. The van der Waals surface area contributed by atoms with Crippen molar-refractivity contribution in [2.45, 2.75) is 43.9 Å². The third-order valence-electron chi connectivity index (χ3n) is 8.13. The number of amides is 1. The minimum Gasteiger partial charge on any atom is -0.477 e. The molecule has 10 nitrogen and oxygen atoms in total. The number of carboxylic acids is 1. The van der Waals surface area contributed by atoms with E-state index in [0.29, 0.717) is 29.6 Å². The Morgan fingerprint density at radius 2 is 2.00 bits per heavy atom. The van der Waals surface area contributed by atoms with Crippen LogP contribution in [0.25, 0.3) is 10.8 Å². The highest BCUT2D eigenvalue weighted by Gasteiger charge is 2.60. The molecule has 11 heteroatoms. The van der Waals surface area contributed by atoms with E-state index >= 15 is 0 Å². The van der Waals surface area contributed by atoms with Gasteiger partial charge in [0.1, 0.15) is 18.1 Å². The van der Waals surface area contributed by atoms with Crippen molar-refractivity contribution in [2.75, 3.05) is 10.8 Å². The fraction of sp³-hybridized carbons (Fsp3) is 0.370. The van der Waals surface area contributed by atoms with Crippen molar-refractivity contribution in [1.82, 2.24) is 9.47 Å². The van der Waals surface area contributed by atoms with Crippen LogP contribution in [-0.4, -0.2) is 58.7 Å². The van der Waals surface area contributed by atoms with Gasteiger partial charge in [0.25, 0.3) is 10.0 Å². The third-order valence-corrected chi connectivity index (χ3v) is 9.91. The van der Waals surface area contributed by atoms with Gasteiger partial charge in [-0.3, -0.25) is 9.10 Å². The fourth-order valence-electron chi connectivity index (χ4n) is 6.30. The topological polar surface area (TPSA) is 124 Å². The summed E-state index contributed by atoms with van der Waals surface area (Å²) >= 11 is 0. The Balaban J connectivity index is 1.37. The standard InChI is InChI=1S/C27H28N4O6S/c1-15-19(25(27(34)35)31-24(15)22(16(2)32)26(31)33)13-30-20-6-4-5-18-11-17(7-8-29-10-9-28(3)14-29)12-21(23(18)20)38(30,36)37/h4-6,9-12,14-16,22,24,32H,7-8,13H2,1-3H3/p+1/t15-,16+,22+,24+/m0/s1. The monoisotopic (exact) mass is 537 g/mol. The molecule has 3 aromatic rings. The Bertz CT molecular complexity index is 1660. The Morgan fingerprint density at radius 3 is 2.66 bits per heavy atom. The maximum atomic E-state index is 13.9. The zero-order valence-corrected chi connectivity index (χ0v) is 22.1. The number of carboxylic acid groups (broad SMARTS) is 1. The number of aryl methyl sites for hydroxylation is 3. The molecule has 0 spiro atoms. The molecule has 0 aliphatic carbocycles. The molecule has 1 amide bonds. The average molecular weight is 538 g/mol. The normalized spacial score (nSPS) is 24.2. The summed E-state index contributed by atoms with van der Waals surface area (Å²) in [7, 11) is -2.04. The number of fused-ring (bicyclic) bond motifs is 1. The molecule has 0 saturated carbocycles. The summed E-state index contributed by atoms with van der Waals surface area (Å²) in [6.07, 6.45) is 5.58. The number of aliphatic hydroxyl groups is 1. The molecular weight excluding hydrogens is 508 g/mol. The Labute approximate surface area is 220 Å². The van der Waals surface area contributed by atoms with E-state index in [2.05, 4.69) is 0 Å². The second-order valence-electron chi connectivity index (χ2n) is 10.5. The van der Waals surface area contributed by atoms with Crippen LogP contribution in [-0.2, 0) is 39.6 Å². The van der Waals surface area contributed by atoms with Crippen LogP contribution in [0.2, 0.25) is 0 Å². The van der Waals surface area contributed by atoms with Crippen molar-refractivity contribution in [2.24, 2.45) is 18.9 Å². The molecule has 198 valence electrons. The fourth-order valence-corrected chi connectivity index (χ4v) is 8.04. The van der Waals surface area contributed by atoms with Crippen molar-refractivity contribution in [1.29, 1.82) is 0 Å². The van der Waals surface area contributed by atoms with Crippen LogP contribution >= 0.6 is 0 Å². The maximum absolute atomic E-state index is 13.9. The SMILES string of the molecule is C[C@@H](O)[C@H]1C(=O)N2C(C(=O)O)=C(CN3c4cccc5cc(CCn6cc[n+](C)c6)cc(c45)S3(=O)=O)[C@H](C)[C@H]12. The van der Waals surface area contributed by atoms with E-state index in [-0.39, 0.29) is 17.1 Å². The first-order chi connectivity index (χ1) is 18.0. The van der Waals surface area contributed by atoms with Gasteiger partial charge in [0.15, 0.2) is 0 Å². The van der Waals surface area contributed by atoms with Crippen LogP contribution in [0.3, 0.4) is 0 Å². The number of aliphatic hydroxyl groups excluding tert-OH is 1. The maximum Gasteiger partial charge on any atom is 0.352 e. The molecule has 6 rings (SSSR count). The van der Waals surface area contributed by atoms with Gasteiger partial charge < -0.3 is 15.1 Å². The Kier molecular flexibility index (Phi) is 5.45. The molecule has 4 atom stereocenters. The number of carbonyl (C=O) groups is 2. The summed E-state index contributed by atoms with van der Waals surface area (Å²) in [6.45, 7) is 3.82. The predicted molar refractivity (Wildman–Crippen MR) is 137 cm³/mol. The molecule has 3 aliphatic heterocycles. The first kappa shape index (κ1) is 24.6. The molecule has 1 aromatic heterocycles. The van der Waals surface area contributed by atoms with Crippen LogP contribution in [0.4, 0.5) is 5.69 Å². The summed E-state index contributed by atoms with van der Waals surface area (Å²) < 4.78 is 33.1. The second-order valence-corrected chi connectivity index (χ2v) is 12.3. The lowest BCUT2D eigenvalue weighted by Crippen LogP contribution is -2.63. The number of carbonyl (C=O) groups excluding carboxylic acids is 1. The molecule has 3 aliphatic rings. The van der Waals surface area contributed by atoms with Gasteiger partial charge in [-0.2, -0.15) is 0 Å². The summed E-state index contributed by atoms with van der Waals surface area (Å²) in [5.41, 5.74) is 1.58. The highest BCUT2D eigenvalue weighted by Crippen LogP contribution is 2.49.